The second-order valence-corrected chi connectivity index (χ2v) is 17.5. The smallest absolute Gasteiger partial charge is 0.164 e. The van der Waals surface area contributed by atoms with Crippen molar-refractivity contribution in [3.05, 3.63) is 242 Å². The zero-order valence-electron chi connectivity index (χ0n) is 39.7. The zero-order valence-corrected chi connectivity index (χ0v) is 39.7. The zero-order chi connectivity index (χ0) is 50.1. The molecule has 0 unspecified atom stereocenters. The van der Waals surface area contributed by atoms with Gasteiger partial charge in [-0.25, -0.2) is 43.1 Å². The van der Waals surface area contributed by atoms with Crippen LogP contribution < -0.4 is 0 Å². The van der Waals surface area contributed by atoms with Gasteiger partial charge in [0.2, 0.25) is 0 Å². The third kappa shape index (κ3) is 8.85. The summed E-state index contributed by atoms with van der Waals surface area (Å²) in [6, 6.07) is 58.7. The van der Waals surface area contributed by atoms with Gasteiger partial charge in [0.1, 0.15) is 34.9 Å². The molecule has 0 bridgehead atoms. The van der Waals surface area contributed by atoms with Crippen molar-refractivity contribution >= 4 is 28.1 Å². The van der Waals surface area contributed by atoms with E-state index in [1.54, 1.807) is 36.4 Å². The lowest BCUT2D eigenvalue weighted by Gasteiger charge is -2.13. The molecular formula is C62H42F3N9. The summed E-state index contributed by atoms with van der Waals surface area (Å²) in [6.07, 6.45) is 10.8. The van der Waals surface area contributed by atoms with Crippen molar-refractivity contribution in [1.82, 2.24) is 43.6 Å². The van der Waals surface area contributed by atoms with Gasteiger partial charge in [-0.1, -0.05) is 49.4 Å². The predicted molar refractivity (Wildman–Crippen MR) is 287 cm³/mol. The van der Waals surface area contributed by atoms with E-state index in [4.69, 9.17) is 29.9 Å². The molecule has 0 fully saturated rings. The number of rotatable bonds is 12. The van der Waals surface area contributed by atoms with Crippen LogP contribution in [0.3, 0.4) is 0 Å². The molecule has 0 saturated carbocycles. The summed E-state index contributed by atoms with van der Waals surface area (Å²) in [7, 11) is 0. The number of halogens is 3. The summed E-state index contributed by atoms with van der Waals surface area (Å²) in [5.41, 5.74) is 11.3. The van der Waals surface area contributed by atoms with Gasteiger partial charge in [0.15, 0.2) is 17.5 Å². The number of allylic oxidation sites excluding steroid dienone is 3. The Morgan fingerprint density at radius 3 is 1.18 bits per heavy atom. The molecule has 4 aromatic heterocycles. The standard InChI is InChI=1S/C62H42F3N9/c1-2-3-4-5-10-49-39-72(60(66-49)43-15-27-46(63)28-16-43)50-33-21-40(22-34-50)57-69-58(41-23-35-51(36-24-41)73-55-13-8-6-11-53(55)67-61(73)44-17-29-47(64)30-18-44)71-59(70-57)42-25-37-52(38-26-42)74-56-14-9-7-12-54(56)68-62(74)45-19-31-48(65)32-20-45/h3-39H,2H2,1H3/b4-3-,10-5-. The maximum atomic E-state index is 14.1. The van der Waals surface area contributed by atoms with Gasteiger partial charge in [0, 0.05) is 56.6 Å². The van der Waals surface area contributed by atoms with E-state index in [0.717, 1.165) is 84.6 Å². The van der Waals surface area contributed by atoms with E-state index in [1.807, 2.05) is 150 Å². The van der Waals surface area contributed by atoms with Crippen molar-refractivity contribution in [1.29, 1.82) is 0 Å². The molecule has 4 heterocycles. The molecular weight excluding hydrogens is 928 g/mol. The molecule has 0 aliphatic rings. The Kier molecular flexibility index (Phi) is 11.9. The van der Waals surface area contributed by atoms with Crippen LogP contribution in [-0.2, 0) is 0 Å². The van der Waals surface area contributed by atoms with Crippen LogP contribution in [0.4, 0.5) is 13.2 Å². The minimum absolute atomic E-state index is 0.321. The third-order valence-corrected chi connectivity index (χ3v) is 12.7. The summed E-state index contributed by atoms with van der Waals surface area (Å²) in [5.74, 6) is 2.43. The molecule has 0 N–H and O–H groups in total. The van der Waals surface area contributed by atoms with Crippen LogP contribution in [-0.4, -0.2) is 43.6 Å². The second-order valence-electron chi connectivity index (χ2n) is 17.5. The average molecular weight is 970 g/mol. The van der Waals surface area contributed by atoms with Gasteiger partial charge in [-0.05, 0) is 182 Å². The highest BCUT2D eigenvalue weighted by atomic mass is 19.1. The monoisotopic (exact) mass is 969 g/mol. The highest BCUT2D eigenvalue weighted by Crippen LogP contribution is 2.34. The number of nitrogens with zero attached hydrogens (tertiary/aromatic N) is 9. The molecule has 8 aromatic carbocycles. The van der Waals surface area contributed by atoms with Crippen LogP contribution in [0.25, 0.3) is 114 Å². The lowest BCUT2D eigenvalue weighted by Crippen LogP contribution is -2.02. The van der Waals surface area contributed by atoms with Crippen molar-refractivity contribution < 1.29 is 13.2 Å². The van der Waals surface area contributed by atoms with E-state index in [0.29, 0.717) is 34.9 Å². The normalized spacial score (nSPS) is 11.7. The van der Waals surface area contributed by atoms with E-state index in [-0.39, 0.29) is 17.5 Å². The SMILES string of the molecule is CC/C=C\C=C/c1cn(-c2ccc(-c3nc(-c4ccc(-n5c(-c6ccc(F)cc6)nc6ccccc65)cc4)nc(-c4ccc(-n5c(-c6ccc(F)cc6)nc6ccccc65)cc4)n3)cc2)c(-c2ccc(F)cc2)n1. The summed E-state index contributed by atoms with van der Waals surface area (Å²) in [4.78, 5) is 30.1. The molecule has 0 saturated heterocycles. The van der Waals surface area contributed by atoms with Crippen LogP contribution in [0.2, 0.25) is 0 Å². The number of aromatic nitrogens is 9. The summed E-state index contributed by atoms with van der Waals surface area (Å²) < 4.78 is 48.3. The van der Waals surface area contributed by atoms with Gasteiger partial charge >= 0.3 is 0 Å². The maximum absolute atomic E-state index is 14.1. The number of imidazole rings is 3. The number of benzene rings is 8. The topological polar surface area (TPSA) is 92.1 Å². The molecule has 0 amide bonds. The number of hydrogen-bond acceptors (Lipinski definition) is 6. The largest absolute Gasteiger partial charge is 0.299 e. The maximum Gasteiger partial charge on any atom is 0.164 e. The van der Waals surface area contributed by atoms with Crippen molar-refractivity contribution in [3.63, 3.8) is 0 Å². The molecule has 9 nitrogen and oxygen atoms in total. The van der Waals surface area contributed by atoms with E-state index < -0.39 is 0 Å². The molecule has 0 aliphatic carbocycles. The van der Waals surface area contributed by atoms with Gasteiger partial charge < -0.3 is 0 Å². The van der Waals surface area contributed by atoms with E-state index in [9.17, 15) is 13.2 Å². The lowest BCUT2D eigenvalue weighted by molar-refractivity contribution is 0.627. The fourth-order valence-electron chi connectivity index (χ4n) is 9.06. The van der Waals surface area contributed by atoms with Crippen molar-refractivity contribution in [2.24, 2.45) is 0 Å². The summed E-state index contributed by atoms with van der Waals surface area (Å²) in [5, 5.41) is 0. The highest BCUT2D eigenvalue weighted by Gasteiger charge is 2.19. The Bertz CT molecular complexity index is 3860. The van der Waals surface area contributed by atoms with E-state index >= 15 is 0 Å². The fourth-order valence-corrected chi connectivity index (χ4v) is 9.06. The third-order valence-electron chi connectivity index (χ3n) is 12.7. The minimum atomic E-state index is -0.324. The Morgan fingerprint density at radius 1 is 0.378 bits per heavy atom. The number of para-hydroxylation sites is 4. The Hall–Kier alpha value is -9.81. The molecule has 12 aromatic rings. The van der Waals surface area contributed by atoms with Gasteiger partial charge in [-0.2, -0.15) is 0 Å². The molecule has 356 valence electrons. The van der Waals surface area contributed by atoms with E-state index in [1.165, 1.54) is 36.4 Å². The van der Waals surface area contributed by atoms with Crippen LogP contribution in [0.15, 0.2) is 219 Å². The molecule has 0 atom stereocenters. The first kappa shape index (κ1) is 45.3. The van der Waals surface area contributed by atoms with Gasteiger partial charge in [-0.15, -0.1) is 0 Å². The van der Waals surface area contributed by atoms with Crippen molar-refractivity contribution in [2.45, 2.75) is 13.3 Å². The first-order chi connectivity index (χ1) is 36.3. The molecule has 12 heteroatoms. The van der Waals surface area contributed by atoms with Crippen LogP contribution >= 0.6 is 0 Å². The number of fused-ring (bicyclic) bond motifs is 2. The second kappa shape index (κ2) is 19.4. The quantitative estimate of drug-likeness (QED) is 0.113. The molecule has 0 aliphatic heterocycles. The van der Waals surface area contributed by atoms with Crippen molar-refractivity contribution in [3.8, 4) is 85.4 Å². The Labute approximate surface area is 423 Å². The highest BCUT2D eigenvalue weighted by molar-refractivity contribution is 5.85. The van der Waals surface area contributed by atoms with Crippen molar-refractivity contribution in [2.75, 3.05) is 0 Å². The molecule has 0 radical (unpaired) electrons. The molecule has 12 rings (SSSR count). The first-order valence-corrected chi connectivity index (χ1v) is 24.1. The van der Waals surface area contributed by atoms with Gasteiger partial charge in [-0.3, -0.25) is 13.7 Å². The van der Waals surface area contributed by atoms with E-state index in [2.05, 4.69) is 22.1 Å². The van der Waals surface area contributed by atoms with Gasteiger partial charge in [0.05, 0.1) is 27.8 Å². The fraction of sp³-hybridized carbons (Fsp3) is 0.0323. The minimum Gasteiger partial charge on any atom is -0.299 e. The van der Waals surface area contributed by atoms with Gasteiger partial charge in [0.25, 0.3) is 0 Å². The average Bonchev–Trinajstić information content (AvgIpc) is 4.17. The number of hydrogen-bond donors (Lipinski definition) is 0. The first-order valence-electron chi connectivity index (χ1n) is 24.1. The predicted octanol–water partition coefficient (Wildman–Crippen LogP) is 15.1. The van der Waals surface area contributed by atoms with Crippen LogP contribution in [0.1, 0.15) is 19.0 Å². The Morgan fingerprint density at radius 2 is 0.757 bits per heavy atom. The van der Waals surface area contributed by atoms with Crippen LogP contribution in [0, 0.1) is 17.5 Å². The molecule has 0 spiro atoms. The van der Waals surface area contributed by atoms with Crippen LogP contribution in [0.5, 0.6) is 0 Å². The summed E-state index contributed by atoms with van der Waals surface area (Å²) in [6.45, 7) is 2.08. The Balaban J connectivity index is 0.952. The summed E-state index contributed by atoms with van der Waals surface area (Å²) >= 11 is 0. The molecule has 74 heavy (non-hydrogen) atoms. The lowest BCUT2D eigenvalue weighted by atomic mass is 10.1.